The molecule has 2 aromatic rings. The van der Waals surface area contributed by atoms with Crippen LogP contribution in [0.25, 0.3) is 0 Å². The van der Waals surface area contributed by atoms with Gasteiger partial charge in [-0.25, -0.2) is 8.78 Å². The maximum Gasteiger partial charge on any atom is 0.425 e. The highest BCUT2D eigenvalue weighted by atomic mass is 32.1. The van der Waals surface area contributed by atoms with Crippen molar-refractivity contribution in [1.82, 2.24) is 0 Å². The summed E-state index contributed by atoms with van der Waals surface area (Å²) < 4.78 is 60.3. The van der Waals surface area contributed by atoms with Gasteiger partial charge < -0.3 is 0 Å². The minimum atomic E-state index is -4.18. The van der Waals surface area contributed by atoms with Crippen LogP contribution in [0.1, 0.15) is 65.5 Å². The molecule has 0 amide bonds. The lowest BCUT2D eigenvalue weighted by Crippen LogP contribution is -2.00. The number of halogens is 5. The van der Waals surface area contributed by atoms with Crippen LogP contribution < -0.4 is 0 Å². The lowest BCUT2D eigenvalue weighted by molar-refractivity contribution is -0.134. The van der Waals surface area contributed by atoms with Gasteiger partial charge in [0.1, 0.15) is 4.88 Å². The lowest BCUT2D eigenvalue weighted by atomic mass is 10.2. The largest absolute Gasteiger partial charge is 0.425 e. The first kappa shape index (κ1) is 20.1. The fourth-order valence-electron chi connectivity index (χ4n) is 1.61. The predicted molar refractivity (Wildman–Crippen MR) is 86.8 cm³/mol. The van der Waals surface area contributed by atoms with Gasteiger partial charge in [0.2, 0.25) is 0 Å². The number of thiophene rings is 2. The normalized spacial score (nSPS) is 12.0. The van der Waals surface area contributed by atoms with Gasteiger partial charge in [0.05, 0.1) is 4.88 Å². The summed E-state index contributed by atoms with van der Waals surface area (Å²) >= 11 is 2.02. The van der Waals surface area contributed by atoms with E-state index in [0.29, 0.717) is 5.92 Å². The molecule has 0 aliphatic carbocycles. The summed E-state index contributed by atoms with van der Waals surface area (Å²) in [6, 6.07) is 5.96. The maximum absolute atomic E-state index is 12.1. The van der Waals surface area contributed by atoms with Crippen LogP contribution in [-0.4, -0.2) is 0 Å². The van der Waals surface area contributed by atoms with Crippen molar-refractivity contribution in [3.63, 3.8) is 0 Å². The zero-order valence-electron chi connectivity index (χ0n) is 13.2. The van der Waals surface area contributed by atoms with Crippen molar-refractivity contribution >= 4 is 22.7 Å². The minimum absolute atomic E-state index is 0.172. The average molecular weight is 370 g/mol. The van der Waals surface area contributed by atoms with Crippen molar-refractivity contribution < 1.29 is 22.0 Å². The number of alkyl halides is 5. The molecular weight excluding hydrogens is 351 g/mol. The van der Waals surface area contributed by atoms with E-state index in [1.165, 1.54) is 23.5 Å². The second-order valence-corrected chi connectivity index (χ2v) is 7.81. The van der Waals surface area contributed by atoms with Crippen molar-refractivity contribution in [2.45, 2.75) is 52.1 Å². The zero-order chi connectivity index (χ0) is 17.8. The monoisotopic (exact) mass is 370 g/mol. The third kappa shape index (κ3) is 6.22. The van der Waals surface area contributed by atoms with Crippen molar-refractivity contribution in [1.29, 1.82) is 0 Å². The molecule has 7 heteroatoms. The van der Waals surface area contributed by atoms with Crippen LogP contribution in [0, 0.1) is 0 Å². The molecule has 0 unspecified atom stereocenters. The molecule has 23 heavy (non-hydrogen) atoms. The molecule has 0 nitrogen and oxygen atoms in total. The highest BCUT2D eigenvalue weighted by Crippen LogP contribution is 2.36. The van der Waals surface area contributed by atoms with E-state index in [2.05, 4.69) is 0 Å². The summed E-state index contributed by atoms with van der Waals surface area (Å²) in [4.78, 5) is 1.47. The van der Waals surface area contributed by atoms with E-state index in [1.54, 1.807) is 6.07 Å². The number of hydrogen-bond acceptors (Lipinski definition) is 2. The molecule has 0 fully saturated rings. The maximum atomic E-state index is 12.1. The molecule has 2 aromatic heterocycles. The van der Waals surface area contributed by atoms with Crippen LogP contribution in [0.15, 0.2) is 24.3 Å². The summed E-state index contributed by atoms with van der Waals surface area (Å²) in [5.41, 5.74) is 0. The summed E-state index contributed by atoms with van der Waals surface area (Å²) in [5.74, 6) is 0.526. The van der Waals surface area contributed by atoms with Crippen LogP contribution in [-0.2, 0) is 6.18 Å². The molecule has 0 saturated heterocycles. The first-order valence-corrected chi connectivity index (χ1v) is 8.70. The molecule has 0 atom stereocenters. The van der Waals surface area contributed by atoms with Crippen molar-refractivity contribution in [3.8, 4) is 0 Å². The molecule has 0 aliphatic heterocycles. The van der Waals surface area contributed by atoms with E-state index < -0.39 is 17.5 Å². The smallest absolute Gasteiger partial charge is 0.204 e. The molecule has 0 aliphatic rings. The quantitative estimate of drug-likeness (QED) is 0.486. The predicted octanol–water partition coefficient (Wildman–Crippen LogP) is 7.70. The fraction of sp³-hybridized carbons (Fsp3) is 0.500. The van der Waals surface area contributed by atoms with Crippen LogP contribution >= 0.6 is 22.7 Å². The first-order chi connectivity index (χ1) is 10.5. The Morgan fingerprint density at radius 2 is 1.17 bits per heavy atom. The Morgan fingerprint density at radius 1 is 0.739 bits per heavy atom. The Labute approximate surface area is 141 Å². The first-order valence-electron chi connectivity index (χ1n) is 7.07. The third-order valence-corrected chi connectivity index (χ3v) is 5.73. The van der Waals surface area contributed by atoms with Gasteiger partial charge in [-0.1, -0.05) is 27.7 Å². The zero-order valence-corrected chi connectivity index (χ0v) is 14.9. The standard InChI is InChI=1S/C8H9F3S.C8H10F2S/c1-5(2)6-3-4-7(12-6)8(9,10)11;1-5(2)6-3-4-7(11-6)8(9)10/h3-5H,1-2H3;3-5,8H,1-2H3. The van der Waals surface area contributed by atoms with E-state index in [9.17, 15) is 22.0 Å². The van der Waals surface area contributed by atoms with Gasteiger partial charge in [0.25, 0.3) is 6.43 Å². The van der Waals surface area contributed by atoms with Gasteiger partial charge in [-0.2, -0.15) is 13.2 Å². The molecule has 0 aromatic carbocycles. The summed E-state index contributed by atoms with van der Waals surface area (Å²) in [5, 5.41) is 0. The molecule has 0 spiro atoms. The minimum Gasteiger partial charge on any atom is -0.204 e. The molecule has 0 N–H and O–H groups in total. The Bertz CT molecular complexity index is 571. The molecule has 0 radical (unpaired) electrons. The molecule has 2 rings (SSSR count). The van der Waals surface area contributed by atoms with Gasteiger partial charge in [-0.05, 0) is 36.1 Å². The van der Waals surface area contributed by atoms with E-state index in [1.807, 2.05) is 27.7 Å². The van der Waals surface area contributed by atoms with Gasteiger partial charge in [0.15, 0.2) is 0 Å². The van der Waals surface area contributed by atoms with Crippen molar-refractivity contribution in [2.75, 3.05) is 0 Å². The molecule has 0 bridgehead atoms. The summed E-state index contributed by atoms with van der Waals surface area (Å²) in [6.07, 6.45) is -6.50. The number of rotatable bonds is 3. The fourth-order valence-corrected chi connectivity index (χ4v) is 3.36. The van der Waals surface area contributed by atoms with Gasteiger partial charge in [-0.15, -0.1) is 22.7 Å². The van der Waals surface area contributed by atoms with Crippen LogP contribution in [0.2, 0.25) is 0 Å². The topological polar surface area (TPSA) is 0 Å². The average Bonchev–Trinajstić information content (AvgIpc) is 3.08. The molecular formula is C16H19F5S2. The lowest BCUT2D eigenvalue weighted by Gasteiger charge is -2.01. The second kappa shape index (κ2) is 8.24. The van der Waals surface area contributed by atoms with Crippen molar-refractivity contribution in [2.24, 2.45) is 0 Å². The highest BCUT2D eigenvalue weighted by Gasteiger charge is 2.32. The van der Waals surface area contributed by atoms with Gasteiger partial charge in [0, 0.05) is 9.75 Å². The number of hydrogen-bond donors (Lipinski definition) is 0. The van der Waals surface area contributed by atoms with E-state index in [0.717, 1.165) is 27.2 Å². The van der Waals surface area contributed by atoms with Crippen LogP contribution in [0.4, 0.5) is 22.0 Å². The van der Waals surface area contributed by atoms with Crippen LogP contribution in [0.5, 0.6) is 0 Å². The Hall–Kier alpha value is -0.950. The Morgan fingerprint density at radius 3 is 1.43 bits per heavy atom. The molecule has 0 saturated carbocycles. The van der Waals surface area contributed by atoms with Crippen LogP contribution in [0.3, 0.4) is 0 Å². The Kier molecular flexibility index (Phi) is 7.20. The molecule has 2 heterocycles. The van der Waals surface area contributed by atoms with Crippen molar-refractivity contribution in [3.05, 3.63) is 43.8 Å². The van der Waals surface area contributed by atoms with E-state index in [4.69, 9.17) is 0 Å². The SMILES string of the molecule is CC(C)c1ccc(C(F)(F)F)s1.CC(C)c1ccc(C(F)F)s1. The molecule has 130 valence electrons. The Balaban J connectivity index is 0.000000231. The second-order valence-electron chi connectivity index (χ2n) is 5.55. The highest BCUT2D eigenvalue weighted by molar-refractivity contribution is 7.12. The van der Waals surface area contributed by atoms with Gasteiger partial charge in [-0.3, -0.25) is 0 Å². The summed E-state index contributed by atoms with van der Waals surface area (Å²) in [6.45, 7) is 7.76. The van der Waals surface area contributed by atoms with E-state index >= 15 is 0 Å². The van der Waals surface area contributed by atoms with E-state index in [-0.39, 0.29) is 10.8 Å². The van der Waals surface area contributed by atoms with Gasteiger partial charge >= 0.3 is 6.18 Å². The third-order valence-electron chi connectivity index (χ3n) is 2.91. The summed E-state index contributed by atoms with van der Waals surface area (Å²) in [7, 11) is 0.